The standard InChI is InChI=1S/C16H17BrClN3O2S/c17-13-10-15(16(18)20-11-13)24(22,23)21-9-3-1-2-4-14(21)12-5-7-19-8-6-12/h5-8,10-11,14H,1-4,9H2/t14-/m0/s1. The highest BCUT2D eigenvalue weighted by molar-refractivity contribution is 9.10. The minimum Gasteiger partial charge on any atom is -0.265 e. The summed E-state index contributed by atoms with van der Waals surface area (Å²) >= 11 is 9.36. The van der Waals surface area contributed by atoms with E-state index in [1.807, 2.05) is 12.1 Å². The third-order valence-electron chi connectivity index (χ3n) is 4.15. The summed E-state index contributed by atoms with van der Waals surface area (Å²) in [5.74, 6) is 0. The second-order valence-corrected chi connectivity index (χ2v) is 8.84. The Morgan fingerprint density at radius 3 is 2.71 bits per heavy atom. The molecule has 1 atom stereocenters. The van der Waals surface area contributed by atoms with Gasteiger partial charge in [0.25, 0.3) is 0 Å². The zero-order valence-corrected chi connectivity index (χ0v) is 16.1. The lowest BCUT2D eigenvalue weighted by molar-refractivity contribution is 0.328. The molecular formula is C16H17BrClN3O2S. The quantitative estimate of drug-likeness (QED) is 0.685. The molecule has 5 nitrogen and oxygen atoms in total. The van der Waals surface area contributed by atoms with Gasteiger partial charge in [-0.05, 0) is 52.5 Å². The van der Waals surface area contributed by atoms with Crippen LogP contribution in [0.3, 0.4) is 0 Å². The first-order valence-corrected chi connectivity index (χ1v) is 10.3. The predicted molar refractivity (Wildman–Crippen MR) is 96.3 cm³/mol. The van der Waals surface area contributed by atoms with E-state index in [9.17, 15) is 8.42 Å². The molecule has 0 unspecified atom stereocenters. The van der Waals surface area contributed by atoms with Crippen molar-refractivity contribution in [3.8, 4) is 0 Å². The fourth-order valence-electron chi connectivity index (χ4n) is 3.00. The maximum atomic E-state index is 13.3. The number of halogens is 2. The Labute approximate surface area is 155 Å². The van der Waals surface area contributed by atoms with E-state index in [0.29, 0.717) is 11.0 Å². The Bertz CT molecular complexity index is 817. The third-order valence-corrected chi connectivity index (χ3v) is 6.92. The van der Waals surface area contributed by atoms with Crippen molar-refractivity contribution in [1.82, 2.24) is 14.3 Å². The molecule has 0 bridgehead atoms. The van der Waals surface area contributed by atoms with Crippen LogP contribution < -0.4 is 0 Å². The average molecular weight is 431 g/mol. The van der Waals surface area contributed by atoms with Crippen LogP contribution in [0.25, 0.3) is 0 Å². The first kappa shape index (κ1) is 17.8. The molecule has 3 heterocycles. The molecule has 1 fully saturated rings. The van der Waals surface area contributed by atoms with Gasteiger partial charge in [-0.2, -0.15) is 4.31 Å². The summed E-state index contributed by atoms with van der Waals surface area (Å²) in [6, 6.07) is 5.05. The van der Waals surface area contributed by atoms with Crippen LogP contribution in [0.4, 0.5) is 0 Å². The Morgan fingerprint density at radius 2 is 1.96 bits per heavy atom. The van der Waals surface area contributed by atoms with Crippen molar-refractivity contribution < 1.29 is 8.42 Å². The van der Waals surface area contributed by atoms with Gasteiger partial charge in [-0.3, -0.25) is 4.98 Å². The Hall–Kier alpha value is -1.02. The van der Waals surface area contributed by atoms with Gasteiger partial charge in [0.15, 0.2) is 0 Å². The fraction of sp³-hybridized carbons (Fsp3) is 0.375. The van der Waals surface area contributed by atoms with Crippen molar-refractivity contribution in [2.45, 2.75) is 36.6 Å². The molecule has 2 aromatic heterocycles. The molecule has 0 spiro atoms. The number of aromatic nitrogens is 2. The van der Waals surface area contributed by atoms with Crippen LogP contribution in [-0.2, 0) is 10.0 Å². The first-order valence-electron chi connectivity index (χ1n) is 7.73. The highest BCUT2D eigenvalue weighted by Gasteiger charge is 2.35. The molecule has 1 aliphatic rings. The maximum absolute atomic E-state index is 13.3. The molecule has 24 heavy (non-hydrogen) atoms. The zero-order chi connectivity index (χ0) is 17.2. The normalized spacial score (nSPS) is 19.8. The van der Waals surface area contributed by atoms with Gasteiger partial charge >= 0.3 is 0 Å². The van der Waals surface area contributed by atoms with Gasteiger partial charge in [-0.25, -0.2) is 13.4 Å². The highest BCUT2D eigenvalue weighted by Crippen LogP contribution is 2.36. The van der Waals surface area contributed by atoms with E-state index >= 15 is 0 Å². The first-order chi connectivity index (χ1) is 11.5. The van der Waals surface area contributed by atoms with Gasteiger partial charge in [0, 0.05) is 29.6 Å². The monoisotopic (exact) mass is 429 g/mol. The van der Waals surface area contributed by atoms with Crippen LogP contribution in [0.5, 0.6) is 0 Å². The summed E-state index contributed by atoms with van der Waals surface area (Å²) in [5.41, 5.74) is 0.953. The van der Waals surface area contributed by atoms with Crippen LogP contribution in [0.15, 0.2) is 46.2 Å². The number of rotatable bonds is 3. The van der Waals surface area contributed by atoms with E-state index in [-0.39, 0.29) is 16.1 Å². The average Bonchev–Trinajstić information content (AvgIpc) is 2.84. The number of sulfonamides is 1. The number of hydrogen-bond acceptors (Lipinski definition) is 4. The van der Waals surface area contributed by atoms with Crippen LogP contribution >= 0.6 is 27.5 Å². The second kappa shape index (κ2) is 7.47. The van der Waals surface area contributed by atoms with Gasteiger partial charge in [0.05, 0.1) is 6.04 Å². The van der Waals surface area contributed by atoms with Crippen molar-refractivity contribution in [2.24, 2.45) is 0 Å². The molecule has 128 valence electrons. The van der Waals surface area contributed by atoms with E-state index in [1.54, 1.807) is 16.7 Å². The SMILES string of the molecule is O=S(=O)(c1cc(Br)cnc1Cl)N1CCCCC[C@H]1c1ccncc1. The van der Waals surface area contributed by atoms with Gasteiger partial charge in [-0.15, -0.1) is 0 Å². The molecule has 0 amide bonds. The van der Waals surface area contributed by atoms with Crippen molar-refractivity contribution >= 4 is 37.6 Å². The molecule has 0 aliphatic carbocycles. The lowest BCUT2D eigenvalue weighted by Gasteiger charge is -2.29. The molecule has 3 rings (SSSR count). The van der Waals surface area contributed by atoms with Gasteiger partial charge in [0.1, 0.15) is 10.0 Å². The van der Waals surface area contributed by atoms with Gasteiger partial charge in [0.2, 0.25) is 10.0 Å². The summed E-state index contributed by atoms with van der Waals surface area (Å²) in [6.07, 6.45) is 8.49. The fourth-order valence-corrected chi connectivity index (χ4v) is 5.60. The highest BCUT2D eigenvalue weighted by atomic mass is 79.9. The minimum absolute atomic E-state index is 0.00377. The second-order valence-electron chi connectivity index (χ2n) is 5.70. The molecule has 8 heteroatoms. The van der Waals surface area contributed by atoms with Gasteiger partial charge < -0.3 is 0 Å². The van der Waals surface area contributed by atoms with E-state index in [0.717, 1.165) is 31.2 Å². The van der Waals surface area contributed by atoms with Crippen LogP contribution in [0, 0.1) is 0 Å². The van der Waals surface area contributed by atoms with Crippen molar-refractivity contribution in [3.05, 3.63) is 52.0 Å². The molecule has 0 N–H and O–H groups in total. The Morgan fingerprint density at radius 1 is 1.21 bits per heavy atom. The molecule has 1 aliphatic heterocycles. The number of hydrogen-bond donors (Lipinski definition) is 0. The van der Waals surface area contributed by atoms with Crippen LogP contribution in [-0.4, -0.2) is 29.2 Å². The van der Waals surface area contributed by atoms with E-state index < -0.39 is 10.0 Å². The predicted octanol–water partition coefficient (Wildman–Crippen LogP) is 4.20. The van der Waals surface area contributed by atoms with E-state index in [2.05, 4.69) is 25.9 Å². The number of nitrogens with zero attached hydrogens (tertiary/aromatic N) is 3. The maximum Gasteiger partial charge on any atom is 0.246 e. The summed E-state index contributed by atoms with van der Waals surface area (Å²) in [7, 11) is -3.75. The summed E-state index contributed by atoms with van der Waals surface area (Å²) in [6.45, 7) is 0.470. The van der Waals surface area contributed by atoms with Crippen molar-refractivity contribution in [3.63, 3.8) is 0 Å². The molecular weight excluding hydrogens is 414 g/mol. The van der Waals surface area contributed by atoms with Crippen molar-refractivity contribution in [2.75, 3.05) is 6.54 Å². The molecule has 1 saturated heterocycles. The Kier molecular flexibility index (Phi) is 5.54. The smallest absolute Gasteiger partial charge is 0.246 e. The lowest BCUT2D eigenvalue weighted by Crippen LogP contribution is -2.35. The largest absolute Gasteiger partial charge is 0.265 e. The lowest BCUT2D eigenvalue weighted by atomic mass is 10.0. The molecule has 0 saturated carbocycles. The number of pyridine rings is 2. The molecule has 0 radical (unpaired) electrons. The van der Waals surface area contributed by atoms with Gasteiger partial charge in [-0.1, -0.05) is 24.4 Å². The summed E-state index contributed by atoms with van der Waals surface area (Å²) in [5, 5.41) is -0.00377. The summed E-state index contributed by atoms with van der Waals surface area (Å²) in [4.78, 5) is 8.03. The Balaban J connectivity index is 2.07. The van der Waals surface area contributed by atoms with E-state index in [4.69, 9.17) is 11.6 Å². The molecule has 2 aromatic rings. The van der Waals surface area contributed by atoms with E-state index in [1.165, 1.54) is 12.3 Å². The zero-order valence-electron chi connectivity index (χ0n) is 12.9. The summed E-state index contributed by atoms with van der Waals surface area (Å²) < 4.78 is 28.7. The molecule has 0 aromatic carbocycles. The van der Waals surface area contributed by atoms with Crippen LogP contribution in [0.1, 0.15) is 37.3 Å². The van der Waals surface area contributed by atoms with Crippen LogP contribution in [0.2, 0.25) is 5.15 Å². The third kappa shape index (κ3) is 3.64. The minimum atomic E-state index is -3.75. The topological polar surface area (TPSA) is 63.2 Å². The van der Waals surface area contributed by atoms with Crippen molar-refractivity contribution in [1.29, 1.82) is 0 Å².